The van der Waals surface area contributed by atoms with Crippen molar-refractivity contribution in [3.05, 3.63) is 0 Å². The van der Waals surface area contributed by atoms with Crippen molar-refractivity contribution in [2.75, 3.05) is 13.4 Å². The van der Waals surface area contributed by atoms with Crippen LogP contribution in [0.4, 0.5) is 0 Å². The van der Waals surface area contributed by atoms with Crippen molar-refractivity contribution < 1.29 is 9.47 Å². The van der Waals surface area contributed by atoms with Gasteiger partial charge in [0.2, 0.25) is 0 Å². The van der Waals surface area contributed by atoms with Crippen molar-refractivity contribution in [3.63, 3.8) is 0 Å². The van der Waals surface area contributed by atoms with Crippen LogP contribution in [0.15, 0.2) is 0 Å². The molecule has 36 valence electrons. The minimum absolute atomic E-state index is 0.449. The van der Waals surface area contributed by atoms with E-state index in [0.717, 1.165) is 6.61 Å². The summed E-state index contributed by atoms with van der Waals surface area (Å²) in [7, 11) is 0. The Kier molecular flexibility index (Phi) is 1.08. The molecule has 0 amide bonds. The minimum atomic E-state index is 0.449. The Labute approximate surface area is 37.1 Å². The van der Waals surface area contributed by atoms with Gasteiger partial charge in [0, 0.05) is 6.92 Å². The van der Waals surface area contributed by atoms with Gasteiger partial charge < -0.3 is 9.47 Å². The maximum Gasteiger partial charge on any atom is 0.255 e. The van der Waals surface area contributed by atoms with E-state index in [2.05, 4.69) is 4.74 Å². The van der Waals surface area contributed by atoms with Crippen LogP contribution in [0.1, 0.15) is 6.92 Å². The summed E-state index contributed by atoms with van der Waals surface area (Å²) in [6.07, 6.45) is 0.449. The standard InChI is InChI=1S/C4H8O2/c1-4-2-5-3-6-4/h4H,2-3H2,1H3/p+1. The first-order valence-electron chi connectivity index (χ1n) is 2.14. The fourth-order valence-electron chi connectivity index (χ4n) is 0.456. The normalized spacial score (nSPS) is 34.5. The molecular formula is C4H9O2+. The zero-order valence-corrected chi connectivity index (χ0v) is 3.85. The van der Waals surface area contributed by atoms with Crippen LogP contribution in [-0.4, -0.2) is 24.2 Å². The fraction of sp³-hybridized carbons (Fsp3) is 1.00. The third-order valence-corrected chi connectivity index (χ3v) is 0.837. The van der Waals surface area contributed by atoms with Crippen molar-refractivity contribution in [1.82, 2.24) is 0 Å². The highest BCUT2D eigenvalue weighted by Gasteiger charge is 2.13. The van der Waals surface area contributed by atoms with Gasteiger partial charge in [-0.2, -0.15) is 0 Å². The molecule has 0 aromatic rings. The van der Waals surface area contributed by atoms with Crippen LogP contribution in [-0.2, 0) is 4.74 Å². The number of hydrogen-bond acceptors (Lipinski definition) is 1. The smallest absolute Gasteiger partial charge is 0.255 e. The summed E-state index contributed by atoms with van der Waals surface area (Å²) in [4.78, 5) is 0. The third kappa shape index (κ3) is 0.698. The molecule has 2 nitrogen and oxygen atoms in total. The molecule has 0 aromatic heterocycles. The Bertz CT molecular complexity index is 38.8. The molecule has 1 aliphatic heterocycles. The fourth-order valence-corrected chi connectivity index (χ4v) is 0.456. The molecule has 2 heteroatoms. The van der Waals surface area contributed by atoms with E-state index in [-0.39, 0.29) is 0 Å². The molecule has 1 unspecified atom stereocenters. The van der Waals surface area contributed by atoms with Gasteiger partial charge in [-0.05, 0) is 0 Å². The van der Waals surface area contributed by atoms with Gasteiger partial charge in [0.1, 0.15) is 6.61 Å². The molecule has 1 aliphatic rings. The van der Waals surface area contributed by atoms with Crippen LogP contribution in [0.25, 0.3) is 0 Å². The highest BCUT2D eigenvalue weighted by molar-refractivity contribution is 4.46. The van der Waals surface area contributed by atoms with E-state index in [9.17, 15) is 0 Å². The highest BCUT2D eigenvalue weighted by Crippen LogP contribution is 1.94. The average molecular weight is 89.1 g/mol. The topological polar surface area (TPSA) is 22.0 Å². The molecule has 1 heterocycles. The third-order valence-electron chi connectivity index (χ3n) is 0.837. The molecule has 1 atom stereocenters. The molecule has 0 aromatic carbocycles. The summed E-state index contributed by atoms with van der Waals surface area (Å²) in [6.45, 7) is 3.48. The minimum Gasteiger partial charge on any atom is -0.408 e. The lowest BCUT2D eigenvalue weighted by Gasteiger charge is -1.87. The molecule has 6 heavy (non-hydrogen) atoms. The van der Waals surface area contributed by atoms with Crippen LogP contribution >= 0.6 is 0 Å². The van der Waals surface area contributed by atoms with E-state index >= 15 is 0 Å². The molecule has 0 aliphatic carbocycles. The van der Waals surface area contributed by atoms with E-state index in [1.54, 1.807) is 0 Å². The van der Waals surface area contributed by atoms with Gasteiger partial charge in [-0.1, -0.05) is 0 Å². The first kappa shape index (κ1) is 4.09. The molecule has 0 radical (unpaired) electrons. The largest absolute Gasteiger partial charge is 0.408 e. The van der Waals surface area contributed by atoms with Gasteiger partial charge in [-0.25, -0.2) is 0 Å². The lowest BCUT2D eigenvalue weighted by molar-refractivity contribution is -0.0887. The molecule has 1 saturated heterocycles. The molecule has 1 fully saturated rings. The summed E-state index contributed by atoms with van der Waals surface area (Å²) >= 11 is 0. The highest BCUT2D eigenvalue weighted by atomic mass is 16.7. The van der Waals surface area contributed by atoms with Crippen molar-refractivity contribution in [1.29, 1.82) is 0 Å². The number of hydrogen-bond donors (Lipinski definition) is 0. The predicted molar refractivity (Wildman–Crippen MR) is 22.5 cm³/mol. The summed E-state index contributed by atoms with van der Waals surface area (Å²) in [5, 5.41) is 0. The van der Waals surface area contributed by atoms with Gasteiger partial charge in [0.15, 0.2) is 6.10 Å². The zero-order valence-electron chi connectivity index (χ0n) is 3.85. The maximum absolute atomic E-state index is 4.89. The van der Waals surface area contributed by atoms with E-state index in [1.807, 2.05) is 6.92 Å². The summed E-state index contributed by atoms with van der Waals surface area (Å²) < 4.78 is 8.90. The van der Waals surface area contributed by atoms with Gasteiger partial charge in [-0.3, -0.25) is 0 Å². The molecule has 1 rings (SSSR count). The Hall–Kier alpha value is -0.0800. The second-order valence-corrected chi connectivity index (χ2v) is 1.53. The van der Waals surface area contributed by atoms with E-state index in [0.29, 0.717) is 12.9 Å². The summed E-state index contributed by atoms with van der Waals surface area (Å²) in [6, 6.07) is 0. The maximum atomic E-state index is 4.89. The molecule has 1 N–H and O–H groups in total. The zero-order chi connectivity index (χ0) is 4.41. The number of rotatable bonds is 0. The van der Waals surface area contributed by atoms with Crippen LogP contribution < -0.4 is 0 Å². The van der Waals surface area contributed by atoms with Crippen molar-refractivity contribution in [2.45, 2.75) is 13.0 Å². The van der Waals surface area contributed by atoms with Gasteiger partial charge in [0.25, 0.3) is 6.79 Å². The monoisotopic (exact) mass is 89.1 g/mol. The van der Waals surface area contributed by atoms with Crippen molar-refractivity contribution in [2.24, 2.45) is 0 Å². The van der Waals surface area contributed by atoms with Crippen LogP contribution in [0.5, 0.6) is 0 Å². The van der Waals surface area contributed by atoms with Crippen LogP contribution in [0.2, 0.25) is 0 Å². The molecule has 0 spiro atoms. The summed E-state index contributed by atoms with van der Waals surface area (Å²) in [5.41, 5.74) is 0. The Morgan fingerprint density at radius 3 is 2.83 bits per heavy atom. The van der Waals surface area contributed by atoms with E-state index in [4.69, 9.17) is 4.74 Å². The first-order chi connectivity index (χ1) is 2.89. The lowest BCUT2D eigenvalue weighted by atomic mass is 10.5. The molecular weight excluding hydrogens is 80.0 g/mol. The molecule has 0 bridgehead atoms. The van der Waals surface area contributed by atoms with E-state index in [1.165, 1.54) is 0 Å². The SMILES string of the molecule is CC1COC[OH+]1. The van der Waals surface area contributed by atoms with Crippen LogP contribution in [0, 0.1) is 0 Å². The Morgan fingerprint density at radius 2 is 2.67 bits per heavy atom. The van der Waals surface area contributed by atoms with Gasteiger partial charge >= 0.3 is 0 Å². The van der Waals surface area contributed by atoms with E-state index < -0.39 is 0 Å². The van der Waals surface area contributed by atoms with Crippen LogP contribution in [0.3, 0.4) is 0 Å². The molecule has 0 saturated carbocycles. The second kappa shape index (κ2) is 1.58. The first-order valence-corrected chi connectivity index (χ1v) is 2.14. The van der Waals surface area contributed by atoms with Crippen molar-refractivity contribution in [3.8, 4) is 0 Å². The lowest BCUT2D eigenvalue weighted by Crippen LogP contribution is -2.04. The Morgan fingerprint density at radius 1 is 1.83 bits per heavy atom. The van der Waals surface area contributed by atoms with Crippen molar-refractivity contribution >= 4 is 0 Å². The predicted octanol–water partition coefficient (Wildman–Crippen LogP) is -0.109. The average Bonchev–Trinajstić information content (AvgIpc) is 1.86. The quantitative estimate of drug-likeness (QED) is 0.379. The number of aliphatic hydroxyl groups is 2. The van der Waals surface area contributed by atoms with Gasteiger partial charge in [0.05, 0.1) is 0 Å². The number of ether oxygens (including phenoxy) is 2. The Balaban J connectivity index is 2.18. The summed E-state index contributed by atoms with van der Waals surface area (Å²) in [5.74, 6) is 0. The van der Waals surface area contributed by atoms with Gasteiger partial charge in [-0.15, -0.1) is 0 Å². The second-order valence-electron chi connectivity index (χ2n) is 1.53.